The molecular weight excluding hydrogens is 340 g/mol. The molecule has 5 nitrogen and oxygen atoms in total. The van der Waals surface area contributed by atoms with Crippen LogP contribution in [0.25, 0.3) is 0 Å². The molecule has 148 valence electrons. The van der Waals surface area contributed by atoms with Crippen molar-refractivity contribution in [3.63, 3.8) is 0 Å². The summed E-state index contributed by atoms with van der Waals surface area (Å²) in [5.41, 5.74) is 3.31. The van der Waals surface area contributed by atoms with Gasteiger partial charge in [0.25, 0.3) is 0 Å². The lowest BCUT2D eigenvalue weighted by Crippen LogP contribution is -2.41. The zero-order valence-electron chi connectivity index (χ0n) is 16.8. The lowest BCUT2D eigenvalue weighted by atomic mass is 9.87. The summed E-state index contributed by atoms with van der Waals surface area (Å²) in [6, 6.07) is 6.13. The molecule has 3 rings (SSSR count). The van der Waals surface area contributed by atoms with Gasteiger partial charge in [0.15, 0.2) is 0 Å². The molecule has 1 saturated carbocycles. The predicted molar refractivity (Wildman–Crippen MR) is 107 cm³/mol. The molecule has 27 heavy (non-hydrogen) atoms. The Morgan fingerprint density at radius 3 is 2.74 bits per heavy atom. The highest BCUT2D eigenvalue weighted by Crippen LogP contribution is 2.38. The van der Waals surface area contributed by atoms with Crippen LogP contribution in [0, 0.1) is 18.3 Å². The van der Waals surface area contributed by atoms with E-state index < -0.39 is 0 Å². The number of ether oxygens (including phenoxy) is 1. The molecule has 1 heterocycles. The van der Waals surface area contributed by atoms with Gasteiger partial charge in [-0.15, -0.1) is 0 Å². The highest BCUT2D eigenvalue weighted by atomic mass is 16.5. The van der Waals surface area contributed by atoms with Crippen LogP contribution >= 0.6 is 0 Å². The fourth-order valence-electron chi connectivity index (χ4n) is 4.71. The summed E-state index contributed by atoms with van der Waals surface area (Å²) in [5.74, 6) is -0.228. The van der Waals surface area contributed by atoms with Gasteiger partial charge >= 0.3 is 0 Å². The van der Waals surface area contributed by atoms with Gasteiger partial charge in [0.2, 0.25) is 11.8 Å². The fraction of sp³-hybridized carbons (Fsp3) is 0.636. The molecule has 0 radical (unpaired) electrons. The van der Waals surface area contributed by atoms with Crippen molar-refractivity contribution in [3.05, 3.63) is 29.3 Å². The molecule has 2 amide bonds. The SMILES string of the molecule is CCc1cccc(C)c1N1CC(C(=O)NCC2(COC)CCCC2)CC1=O. The van der Waals surface area contributed by atoms with Crippen molar-refractivity contribution >= 4 is 17.5 Å². The number of aryl methyl sites for hydroxylation is 2. The second kappa shape index (κ2) is 8.42. The molecule has 0 spiro atoms. The number of amides is 2. The van der Waals surface area contributed by atoms with Gasteiger partial charge in [0.05, 0.1) is 12.5 Å². The summed E-state index contributed by atoms with van der Waals surface area (Å²) < 4.78 is 5.40. The largest absolute Gasteiger partial charge is 0.384 e. The number of carbonyl (C=O) groups excluding carboxylic acids is 2. The number of anilines is 1. The molecule has 1 aliphatic heterocycles. The third kappa shape index (κ3) is 4.18. The van der Waals surface area contributed by atoms with E-state index in [0.717, 1.165) is 36.1 Å². The van der Waals surface area contributed by atoms with Gasteiger partial charge in [-0.1, -0.05) is 38.0 Å². The average Bonchev–Trinajstić information content (AvgIpc) is 3.27. The average molecular weight is 373 g/mol. The van der Waals surface area contributed by atoms with Crippen LogP contribution in [-0.4, -0.2) is 38.6 Å². The summed E-state index contributed by atoms with van der Waals surface area (Å²) >= 11 is 0. The minimum atomic E-state index is -0.275. The molecular formula is C22H32N2O3. The minimum absolute atomic E-state index is 0.000129. The van der Waals surface area contributed by atoms with Crippen molar-refractivity contribution in [1.29, 1.82) is 0 Å². The number of para-hydroxylation sites is 1. The molecule has 1 aromatic carbocycles. The van der Waals surface area contributed by atoms with Crippen LogP contribution in [-0.2, 0) is 20.7 Å². The van der Waals surface area contributed by atoms with Crippen LogP contribution in [0.2, 0.25) is 0 Å². The van der Waals surface area contributed by atoms with Crippen molar-refractivity contribution < 1.29 is 14.3 Å². The smallest absolute Gasteiger partial charge is 0.227 e. The lowest BCUT2D eigenvalue weighted by Gasteiger charge is -2.29. The normalized spacial score (nSPS) is 21.7. The van der Waals surface area contributed by atoms with Crippen molar-refractivity contribution in [1.82, 2.24) is 5.32 Å². The Balaban J connectivity index is 1.66. The number of hydrogen-bond acceptors (Lipinski definition) is 3. The molecule has 1 aromatic rings. The Labute approximate surface area is 162 Å². The molecule has 2 fully saturated rings. The predicted octanol–water partition coefficient (Wildman–Crippen LogP) is 3.23. The maximum atomic E-state index is 12.8. The van der Waals surface area contributed by atoms with E-state index in [0.29, 0.717) is 26.1 Å². The third-order valence-corrected chi connectivity index (χ3v) is 6.22. The van der Waals surface area contributed by atoms with E-state index in [9.17, 15) is 9.59 Å². The van der Waals surface area contributed by atoms with Gasteiger partial charge in [0.1, 0.15) is 0 Å². The molecule has 0 aromatic heterocycles. The van der Waals surface area contributed by atoms with E-state index >= 15 is 0 Å². The van der Waals surface area contributed by atoms with Crippen molar-refractivity contribution in [2.45, 2.75) is 52.4 Å². The number of carbonyl (C=O) groups is 2. The van der Waals surface area contributed by atoms with Crippen molar-refractivity contribution in [2.75, 3.05) is 31.7 Å². The number of nitrogens with one attached hydrogen (secondary N) is 1. The Kier molecular flexibility index (Phi) is 6.20. The second-order valence-electron chi connectivity index (χ2n) is 8.20. The maximum absolute atomic E-state index is 12.8. The van der Waals surface area contributed by atoms with Gasteiger partial charge in [-0.2, -0.15) is 0 Å². The molecule has 1 N–H and O–H groups in total. The van der Waals surface area contributed by atoms with E-state index in [2.05, 4.69) is 18.3 Å². The summed E-state index contributed by atoms with van der Waals surface area (Å²) in [5, 5.41) is 3.13. The van der Waals surface area contributed by atoms with Gasteiger partial charge in [-0.25, -0.2) is 0 Å². The van der Waals surface area contributed by atoms with Crippen molar-refractivity contribution in [3.8, 4) is 0 Å². The van der Waals surface area contributed by atoms with Gasteiger partial charge in [-0.05, 0) is 37.3 Å². The van der Waals surface area contributed by atoms with Crippen LogP contribution < -0.4 is 10.2 Å². The highest BCUT2D eigenvalue weighted by molar-refractivity contribution is 6.01. The topological polar surface area (TPSA) is 58.6 Å². The minimum Gasteiger partial charge on any atom is -0.384 e. The quantitative estimate of drug-likeness (QED) is 0.799. The summed E-state index contributed by atoms with van der Waals surface area (Å²) in [4.78, 5) is 27.3. The van der Waals surface area contributed by atoms with Gasteiger partial charge in [-0.3, -0.25) is 9.59 Å². The number of hydrogen-bond donors (Lipinski definition) is 1. The summed E-state index contributed by atoms with van der Waals surface area (Å²) in [6.07, 6.45) is 5.75. The molecule has 2 aliphatic rings. The zero-order valence-corrected chi connectivity index (χ0v) is 16.8. The Hall–Kier alpha value is -1.88. The first-order chi connectivity index (χ1) is 13.0. The Bertz CT molecular complexity index is 695. The zero-order chi connectivity index (χ0) is 19.4. The van der Waals surface area contributed by atoms with Crippen LogP contribution in [0.3, 0.4) is 0 Å². The van der Waals surface area contributed by atoms with Crippen LogP contribution in [0.1, 0.15) is 50.2 Å². The van der Waals surface area contributed by atoms with Gasteiger partial charge < -0.3 is 15.0 Å². The Morgan fingerprint density at radius 1 is 1.33 bits per heavy atom. The van der Waals surface area contributed by atoms with E-state index in [4.69, 9.17) is 4.74 Å². The maximum Gasteiger partial charge on any atom is 0.227 e. The third-order valence-electron chi connectivity index (χ3n) is 6.22. The van der Waals surface area contributed by atoms with Crippen LogP contribution in [0.15, 0.2) is 18.2 Å². The van der Waals surface area contributed by atoms with Crippen LogP contribution in [0.5, 0.6) is 0 Å². The monoisotopic (exact) mass is 372 g/mol. The standard InChI is InChI=1S/C22H32N2O3/c1-4-17-9-7-8-16(2)20(17)24-13-18(12-19(24)25)21(26)23-14-22(15-27-3)10-5-6-11-22/h7-9,18H,4-6,10-15H2,1-3H3,(H,23,26). The number of nitrogens with zero attached hydrogens (tertiary/aromatic N) is 1. The summed E-state index contributed by atoms with van der Waals surface area (Å²) in [6.45, 7) is 5.93. The first kappa shape index (κ1) is 19.9. The second-order valence-corrected chi connectivity index (χ2v) is 8.20. The number of benzene rings is 1. The number of methoxy groups -OCH3 is 1. The van der Waals surface area contributed by atoms with E-state index in [1.807, 2.05) is 24.0 Å². The molecule has 1 saturated heterocycles. The van der Waals surface area contributed by atoms with E-state index in [-0.39, 0.29) is 23.1 Å². The fourth-order valence-corrected chi connectivity index (χ4v) is 4.71. The summed E-state index contributed by atoms with van der Waals surface area (Å²) in [7, 11) is 1.73. The highest BCUT2D eigenvalue weighted by Gasteiger charge is 2.38. The molecule has 0 bridgehead atoms. The molecule has 1 aliphatic carbocycles. The lowest BCUT2D eigenvalue weighted by molar-refractivity contribution is -0.126. The molecule has 1 unspecified atom stereocenters. The van der Waals surface area contributed by atoms with Crippen LogP contribution in [0.4, 0.5) is 5.69 Å². The van der Waals surface area contributed by atoms with E-state index in [1.54, 1.807) is 7.11 Å². The van der Waals surface area contributed by atoms with Gasteiger partial charge in [0, 0.05) is 37.7 Å². The first-order valence-corrected chi connectivity index (χ1v) is 10.1. The Morgan fingerprint density at radius 2 is 2.07 bits per heavy atom. The van der Waals surface area contributed by atoms with E-state index in [1.165, 1.54) is 12.8 Å². The number of rotatable bonds is 7. The molecule has 1 atom stereocenters. The first-order valence-electron chi connectivity index (χ1n) is 10.1. The molecule has 5 heteroatoms. The van der Waals surface area contributed by atoms with Crippen molar-refractivity contribution in [2.24, 2.45) is 11.3 Å².